The average molecular weight is 241 g/mol. The molecule has 2 heterocycles. The molecule has 0 spiro atoms. The molecular formula is C15H19N3. The molecule has 2 aromatic rings. The minimum Gasteiger partial charge on any atom is -0.355 e. The Hall–Kier alpha value is -1.90. The highest BCUT2D eigenvalue weighted by atomic mass is 14.9. The molecule has 0 aromatic carbocycles. The molecule has 0 unspecified atom stereocenters. The minimum atomic E-state index is 1.03. The molecule has 3 rings (SSSR count). The Labute approximate surface area is 108 Å². The van der Waals surface area contributed by atoms with Crippen molar-refractivity contribution in [1.29, 1.82) is 0 Å². The van der Waals surface area contributed by atoms with Crippen LogP contribution in [0.2, 0.25) is 0 Å². The van der Waals surface area contributed by atoms with E-state index in [1.165, 1.54) is 19.3 Å². The highest BCUT2D eigenvalue weighted by Crippen LogP contribution is 2.31. The zero-order valence-electron chi connectivity index (χ0n) is 10.7. The summed E-state index contributed by atoms with van der Waals surface area (Å²) in [7, 11) is 0. The van der Waals surface area contributed by atoms with Gasteiger partial charge in [-0.1, -0.05) is 26.2 Å². The van der Waals surface area contributed by atoms with Crippen LogP contribution in [-0.4, -0.2) is 9.97 Å². The maximum Gasteiger partial charge on any atom is 0.0415 e. The van der Waals surface area contributed by atoms with E-state index in [9.17, 15) is 0 Å². The van der Waals surface area contributed by atoms with Gasteiger partial charge < -0.3 is 5.32 Å². The summed E-state index contributed by atoms with van der Waals surface area (Å²) in [5.41, 5.74) is 2.06. The van der Waals surface area contributed by atoms with Gasteiger partial charge in [-0.05, 0) is 30.2 Å². The van der Waals surface area contributed by atoms with Crippen LogP contribution in [0.5, 0.6) is 0 Å². The zero-order chi connectivity index (χ0) is 12.6. The van der Waals surface area contributed by atoms with Gasteiger partial charge in [0.1, 0.15) is 0 Å². The summed E-state index contributed by atoms with van der Waals surface area (Å²) in [4.78, 5) is 7.87. The molecule has 0 atom stereocenters. The van der Waals surface area contributed by atoms with E-state index in [0.717, 1.165) is 17.3 Å². The van der Waals surface area contributed by atoms with Gasteiger partial charge in [0.25, 0.3) is 0 Å². The molecule has 94 valence electrons. The van der Waals surface area contributed by atoms with Crippen molar-refractivity contribution in [2.24, 2.45) is 5.92 Å². The van der Waals surface area contributed by atoms with Crippen molar-refractivity contribution in [3.05, 3.63) is 49.1 Å². The fourth-order valence-corrected chi connectivity index (χ4v) is 1.56. The standard InChI is InChI=1S/C10H9N3.C5H10/c1-5-11-6-2-9(1)13-10-3-7-12-8-4-10;1-2-5-3-4-5/h1-8H,(H,11,12,13);5H,2-4H2,1H3. The Morgan fingerprint density at radius 1 is 0.944 bits per heavy atom. The Kier molecular flexibility index (Phi) is 4.70. The van der Waals surface area contributed by atoms with Crippen LogP contribution in [0.25, 0.3) is 0 Å². The minimum absolute atomic E-state index is 1.03. The summed E-state index contributed by atoms with van der Waals surface area (Å²) < 4.78 is 0. The summed E-state index contributed by atoms with van der Waals surface area (Å²) in [5.74, 6) is 1.13. The number of anilines is 2. The number of rotatable bonds is 3. The van der Waals surface area contributed by atoms with E-state index in [-0.39, 0.29) is 0 Å². The smallest absolute Gasteiger partial charge is 0.0415 e. The molecule has 0 bridgehead atoms. The third-order valence-electron chi connectivity index (χ3n) is 2.92. The number of nitrogens with one attached hydrogen (secondary N) is 1. The van der Waals surface area contributed by atoms with Crippen LogP contribution < -0.4 is 5.32 Å². The first-order valence-corrected chi connectivity index (χ1v) is 6.45. The Morgan fingerprint density at radius 3 is 1.67 bits per heavy atom. The highest BCUT2D eigenvalue weighted by molar-refractivity contribution is 5.57. The van der Waals surface area contributed by atoms with E-state index in [1.54, 1.807) is 24.8 Å². The SMILES string of the molecule is CCC1CC1.c1cc(Nc2ccncc2)ccn1. The lowest BCUT2D eigenvalue weighted by molar-refractivity contribution is 0.799. The first kappa shape index (κ1) is 12.6. The number of nitrogens with zero attached hydrogens (tertiary/aromatic N) is 2. The molecule has 0 radical (unpaired) electrons. The first-order valence-electron chi connectivity index (χ1n) is 6.45. The largest absolute Gasteiger partial charge is 0.355 e. The second kappa shape index (κ2) is 6.74. The average Bonchev–Trinajstić information content (AvgIpc) is 3.26. The molecule has 1 aliphatic rings. The predicted octanol–water partition coefficient (Wildman–Crippen LogP) is 4.03. The number of aromatic nitrogens is 2. The van der Waals surface area contributed by atoms with Crippen LogP contribution in [0.4, 0.5) is 11.4 Å². The van der Waals surface area contributed by atoms with E-state index in [1.807, 2.05) is 24.3 Å². The zero-order valence-corrected chi connectivity index (χ0v) is 10.7. The van der Waals surface area contributed by atoms with Crippen LogP contribution in [0.3, 0.4) is 0 Å². The molecule has 1 aliphatic carbocycles. The summed E-state index contributed by atoms with van der Waals surface area (Å²) >= 11 is 0. The van der Waals surface area contributed by atoms with E-state index in [2.05, 4.69) is 22.2 Å². The van der Waals surface area contributed by atoms with Crippen LogP contribution in [0.15, 0.2) is 49.1 Å². The lowest BCUT2D eigenvalue weighted by Gasteiger charge is -2.03. The van der Waals surface area contributed by atoms with Crippen LogP contribution in [0, 0.1) is 5.92 Å². The Bertz CT molecular complexity index is 400. The predicted molar refractivity (Wildman–Crippen MR) is 74.8 cm³/mol. The molecular weight excluding hydrogens is 222 g/mol. The van der Waals surface area contributed by atoms with Gasteiger partial charge in [-0.2, -0.15) is 0 Å². The maximum atomic E-state index is 3.93. The first-order chi connectivity index (χ1) is 8.88. The van der Waals surface area contributed by atoms with Crippen molar-refractivity contribution < 1.29 is 0 Å². The molecule has 0 saturated heterocycles. The lowest BCUT2D eigenvalue weighted by atomic mass is 10.3. The summed E-state index contributed by atoms with van der Waals surface area (Å²) in [6, 6.07) is 7.67. The summed E-state index contributed by atoms with van der Waals surface area (Å²) in [6.07, 6.45) is 11.5. The van der Waals surface area contributed by atoms with E-state index in [0.29, 0.717) is 0 Å². The second-order valence-corrected chi connectivity index (χ2v) is 4.45. The van der Waals surface area contributed by atoms with Crippen molar-refractivity contribution in [1.82, 2.24) is 9.97 Å². The van der Waals surface area contributed by atoms with Crippen LogP contribution >= 0.6 is 0 Å². The highest BCUT2D eigenvalue weighted by Gasteiger charge is 2.17. The van der Waals surface area contributed by atoms with E-state index in [4.69, 9.17) is 0 Å². The maximum absolute atomic E-state index is 3.93. The number of hydrogen-bond acceptors (Lipinski definition) is 3. The van der Waals surface area contributed by atoms with Gasteiger partial charge in [-0.25, -0.2) is 0 Å². The third kappa shape index (κ3) is 4.53. The van der Waals surface area contributed by atoms with E-state index < -0.39 is 0 Å². The van der Waals surface area contributed by atoms with Crippen molar-refractivity contribution in [2.45, 2.75) is 26.2 Å². The molecule has 0 aliphatic heterocycles. The summed E-state index contributed by atoms with van der Waals surface area (Å²) in [6.45, 7) is 2.26. The number of pyridine rings is 2. The van der Waals surface area contributed by atoms with Crippen molar-refractivity contribution in [3.63, 3.8) is 0 Å². The number of hydrogen-bond donors (Lipinski definition) is 1. The normalized spacial score (nSPS) is 13.4. The quantitative estimate of drug-likeness (QED) is 0.881. The van der Waals surface area contributed by atoms with Gasteiger partial charge >= 0.3 is 0 Å². The van der Waals surface area contributed by atoms with Crippen molar-refractivity contribution in [3.8, 4) is 0 Å². The molecule has 1 saturated carbocycles. The topological polar surface area (TPSA) is 37.8 Å². The van der Waals surface area contributed by atoms with Crippen LogP contribution in [-0.2, 0) is 0 Å². The van der Waals surface area contributed by atoms with Crippen LogP contribution in [0.1, 0.15) is 26.2 Å². The fourth-order valence-electron chi connectivity index (χ4n) is 1.56. The van der Waals surface area contributed by atoms with Gasteiger partial charge in [0.05, 0.1) is 0 Å². The molecule has 18 heavy (non-hydrogen) atoms. The van der Waals surface area contributed by atoms with Gasteiger partial charge in [0, 0.05) is 36.2 Å². The fraction of sp³-hybridized carbons (Fsp3) is 0.333. The van der Waals surface area contributed by atoms with Crippen molar-refractivity contribution >= 4 is 11.4 Å². The van der Waals surface area contributed by atoms with Gasteiger partial charge in [-0.15, -0.1) is 0 Å². The molecule has 1 fully saturated rings. The van der Waals surface area contributed by atoms with E-state index >= 15 is 0 Å². The summed E-state index contributed by atoms with van der Waals surface area (Å²) in [5, 5.41) is 3.22. The molecule has 3 nitrogen and oxygen atoms in total. The lowest BCUT2D eigenvalue weighted by Crippen LogP contribution is -1.89. The van der Waals surface area contributed by atoms with Gasteiger partial charge in [0.2, 0.25) is 0 Å². The molecule has 3 heteroatoms. The molecule has 2 aromatic heterocycles. The van der Waals surface area contributed by atoms with Gasteiger partial charge in [-0.3, -0.25) is 9.97 Å². The Balaban J connectivity index is 0.000000202. The second-order valence-electron chi connectivity index (χ2n) is 4.45. The molecule has 0 amide bonds. The van der Waals surface area contributed by atoms with Gasteiger partial charge in [0.15, 0.2) is 0 Å². The van der Waals surface area contributed by atoms with Crippen molar-refractivity contribution in [2.75, 3.05) is 5.32 Å². The monoisotopic (exact) mass is 241 g/mol. The Morgan fingerprint density at radius 2 is 1.39 bits per heavy atom. The third-order valence-corrected chi connectivity index (χ3v) is 2.92. The molecule has 1 N–H and O–H groups in total.